The number of rotatable bonds is 6. The number of carbonyl (C=O) groups is 1. The molecule has 2 N–H and O–H groups in total. The first kappa shape index (κ1) is 13.4. The minimum Gasteiger partial charge on any atom is -0.490 e. The van der Waals surface area contributed by atoms with Gasteiger partial charge >= 0.3 is 0 Å². The Hall–Kier alpha value is -1.62. The average molecular weight is 241 g/mol. The van der Waals surface area contributed by atoms with E-state index in [2.05, 4.69) is 5.32 Å². The predicted octanol–water partition coefficient (Wildman–Crippen LogP) is 1.09. The third-order valence-electron chi connectivity index (χ3n) is 2.02. The third kappa shape index (κ3) is 5.31. The summed E-state index contributed by atoms with van der Waals surface area (Å²) < 4.78 is 18.2. The maximum absolute atomic E-state index is 13.1. The van der Waals surface area contributed by atoms with Crippen LogP contribution in [-0.4, -0.2) is 30.3 Å². The van der Waals surface area contributed by atoms with Gasteiger partial charge in [-0.3, -0.25) is 4.79 Å². The number of amides is 1. The highest BCUT2D eigenvalue weighted by Gasteiger charge is 2.05. The van der Waals surface area contributed by atoms with Crippen molar-refractivity contribution in [1.82, 2.24) is 5.32 Å². The summed E-state index contributed by atoms with van der Waals surface area (Å²) in [6.45, 7) is 1.89. The van der Waals surface area contributed by atoms with Crippen molar-refractivity contribution in [3.8, 4) is 5.75 Å². The van der Waals surface area contributed by atoms with Crippen LogP contribution >= 0.6 is 0 Å². The molecule has 0 aromatic heterocycles. The molecule has 1 aromatic carbocycles. The Bertz CT molecular complexity index is 369. The summed E-state index contributed by atoms with van der Waals surface area (Å²) in [4.78, 5) is 11.2. The molecule has 0 spiro atoms. The van der Waals surface area contributed by atoms with Crippen LogP contribution in [0.4, 0.5) is 4.39 Å². The summed E-state index contributed by atoms with van der Waals surface area (Å²) in [6.07, 6.45) is -0.451. The number of carbonyl (C=O) groups excluding carboxylic acids is 1. The molecule has 0 bridgehead atoms. The maximum atomic E-state index is 13.1. The van der Waals surface area contributed by atoms with E-state index in [-0.39, 0.29) is 31.2 Å². The SMILES string of the molecule is C[C@@H](O)CNC(=O)CCOc1ccccc1F. The molecule has 1 atom stereocenters. The van der Waals surface area contributed by atoms with Crippen molar-refractivity contribution < 1.29 is 19.0 Å². The lowest BCUT2D eigenvalue weighted by Gasteiger charge is -2.08. The van der Waals surface area contributed by atoms with Gasteiger partial charge in [0, 0.05) is 6.54 Å². The minimum atomic E-state index is -0.577. The Balaban J connectivity index is 2.24. The van der Waals surface area contributed by atoms with Crippen molar-refractivity contribution in [2.75, 3.05) is 13.2 Å². The summed E-state index contributed by atoms with van der Waals surface area (Å²) >= 11 is 0. The Morgan fingerprint density at radius 1 is 1.53 bits per heavy atom. The Kier molecular flexibility index (Phi) is 5.42. The van der Waals surface area contributed by atoms with Gasteiger partial charge in [0.05, 0.1) is 19.1 Å². The van der Waals surface area contributed by atoms with E-state index in [0.717, 1.165) is 0 Å². The van der Waals surface area contributed by atoms with Gasteiger partial charge in [-0.05, 0) is 19.1 Å². The Morgan fingerprint density at radius 3 is 2.88 bits per heavy atom. The molecule has 0 fully saturated rings. The van der Waals surface area contributed by atoms with Gasteiger partial charge in [-0.15, -0.1) is 0 Å². The summed E-state index contributed by atoms with van der Waals surface area (Å²) in [5.41, 5.74) is 0. The van der Waals surface area contributed by atoms with Crippen LogP contribution in [-0.2, 0) is 4.79 Å². The summed E-state index contributed by atoms with van der Waals surface area (Å²) in [5.74, 6) is -0.546. The molecule has 5 heteroatoms. The van der Waals surface area contributed by atoms with E-state index >= 15 is 0 Å². The van der Waals surface area contributed by atoms with Gasteiger partial charge in [-0.1, -0.05) is 12.1 Å². The van der Waals surface area contributed by atoms with Crippen LogP contribution in [0.2, 0.25) is 0 Å². The van der Waals surface area contributed by atoms with Gasteiger partial charge in [0.15, 0.2) is 11.6 Å². The molecular weight excluding hydrogens is 225 g/mol. The van der Waals surface area contributed by atoms with Gasteiger partial charge in [0.1, 0.15) is 0 Å². The van der Waals surface area contributed by atoms with Crippen molar-refractivity contribution in [3.63, 3.8) is 0 Å². The molecule has 0 aliphatic heterocycles. The van der Waals surface area contributed by atoms with Crippen molar-refractivity contribution in [1.29, 1.82) is 0 Å². The monoisotopic (exact) mass is 241 g/mol. The van der Waals surface area contributed by atoms with E-state index in [0.29, 0.717) is 0 Å². The maximum Gasteiger partial charge on any atom is 0.223 e. The molecule has 0 aliphatic carbocycles. The second-order valence-corrected chi connectivity index (χ2v) is 3.68. The number of hydrogen-bond donors (Lipinski definition) is 2. The van der Waals surface area contributed by atoms with E-state index in [1.807, 2.05) is 0 Å². The Labute approximate surface area is 99.4 Å². The lowest BCUT2D eigenvalue weighted by Crippen LogP contribution is -2.31. The van der Waals surface area contributed by atoms with Gasteiger partial charge in [0.25, 0.3) is 0 Å². The summed E-state index contributed by atoms with van der Waals surface area (Å²) in [6, 6.07) is 6.02. The third-order valence-corrected chi connectivity index (χ3v) is 2.02. The fraction of sp³-hybridized carbons (Fsp3) is 0.417. The van der Waals surface area contributed by atoms with Gasteiger partial charge in [-0.2, -0.15) is 0 Å². The van der Waals surface area contributed by atoms with Crippen LogP contribution in [0, 0.1) is 5.82 Å². The minimum absolute atomic E-state index is 0.104. The zero-order chi connectivity index (χ0) is 12.7. The van der Waals surface area contributed by atoms with Crippen LogP contribution in [0.25, 0.3) is 0 Å². The second-order valence-electron chi connectivity index (χ2n) is 3.68. The van der Waals surface area contributed by atoms with Gasteiger partial charge in [-0.25, -0.2) is 4.39 Å². The van der Waals surface area contributed by atoms with Crippen LogP contribution in [0.5, 0.6) is 5.75 Å². The van der Waals surface area contributed by atoms with Gasteiger partial charge in [0.2, 0.25) is 5.91 Å². The van der Waals surface area contributed by atoms with E-state index in [4.69, 9.17) is 9.84 Å². The second kappa shape index (κ2) is 6.85. The van der Waals surface area contributed by atoms with E-state index in [9.17, 15) is 9.18 Å². The molecule has 94 valence electrons. The molecule has 0 unspecified atom stereocenters. The Morgan fingerprint density at radius 2 is 2.24 bits per heavy atom. The standard InChI is InChI=1S/C12H16FNO3/c1-9(15)8-14-12(16)6-7-17-11-5-3-2-4-10(11)13/h2-5,9,15H,6-8H2,1H3,(H,14,16)/t9-/m1/s1. The van der Waals surface area contributed by atoms with Crippen molar-refractivity contribution >= 4 is 5.91 Å². The van der Waals surface area contributed by atoms with E-state index < -0.39 is 11.9 Å². The lowest BCUT2D eigenvalue weighted by atomic mass is 10.3. The largest absolute Gasteiger partial charge is 0.490 e. The van der Waals surface area contributed by atoms with Gasteiger partial charge < -0.3 is 15.2 Å². The number of halogens is 1. The van der Waals surface area contributed by atoms with Crippen LogP contribution in [0.1, 0.15) is 13.3 Å². The topological polar surface area (TPSA) is 58.6 Å². The number of para-hydroxylation sites is 1. The number of benzene rings is 1. The molecule has 1 aromatic rings. The number of hydrogen-bond acceptors (Lipinski definition) is 3. The quantitative estimate of drug-likeness (QED) is 0.784. The number of ether oxygens (including phenoxy) is 1. The lowest BCUT2D eigenvalue weighted by molar-refractivity contribution is -0.122. The number of aliphatic hydroxyl groups is 1. The fourth-order valence-electron chi connectivity index (χ4n) is 1.17. The zero-order valence-corrected chi connectivity index (χ0v) is 9.65. The first-order valence-electron chi connectivity index (χ1n) is 5.41. The highest BCUT2D eigenvalue weighted by Crippen LogP contribution is 2.15. The normalized spacial score (nSPS) is 11.9. The molecule has 17 heavy (non-hydrogen) atoms. The highest BCUT2D eigenvalue weighted by atomic mass is 19.1. The number of aliphatic hydroxyl groups excluding tert-OH is 1. The smallest absolute Gasteiger partial charge is 0.223 e. The average Bonchev–Trinajstić information content (AvgIpc) is 2.29. The molecule has 0 saturated carbocycles. The van der Waals surface area contributed by atoms with Crippen LogP contribution in [0.15, 0.2) is 24.3 Å². The zero-order valence-electron chi connectivity index (χ0n) is 9.65. The molecule has 0 radical (unpaired) electrons. The summed E-state index contributed by atoms with van der Waals surface area (Å²) in [5, 5.41) is 11.5. The van der Waals surface area contributed by atoms with E-state index in [1.165, 1.54) is 12.1 Å². The molecule has 0 aliphatic rings. The van der Waals surface area contributed by atoms with Crippen LogP contribution < -0.4 is 10.1 Å². The van der Waals surface area contributed by atoms with Crippen molar-refractivity contribution in [3.05, 3.63) is 30.1 Å². The van der Waals surface area contributed by atoms with Crippen molar-refractivity contribution in [2.45, 2.75) is 19.4 Å². The number of nitrogens with one attached hydrogen (secondary N) is 1. The molecule has 0 heterocycles. The van der Waals surface area contributed by atoms with Crippen molar-refractivity contribution in [2.24, 2.45) is 0 Å². The highest BCUT2D eigenvalue weighted by molar-refractivity contribution is 5.75. The summed E-state index contributed by atoms with van der Waals surface area (Å²) in [7, 11) is 0. The molecule has 0 saturated heterocycles. The fourth-order valence-corrected chi connectivity index (χ4v) is 1.17. The molecule has 4 nitrogen and oxygen atoms in total. The van der Waals surface area contributed by atoms with Crippen LogP contribution in [0.3, 0.4) is 0 Å². The van der Waals surface area contributed by atoms with E-state index in [1.54, 1.807) is 19.1 Å². The first-order chi connectivity index (χ1) is 8.09. The molecule has 1 amide bonds. The first-order valence-corrected chi connectivity index (χ1v) is 5.41. The molecular formula is C12H16FNO3. The predicted molar refractivity (Wildman–Crippen MR) is 61.2 cm³/mol. The molecule has 1 rings (SSSR count).